The Bertz CT molecular complexity index is 651. The Morgan fingerprint density at radius 3 is 3.17 bits per heavy atom. The monoisotopic (exact) mass is 312 g/mol. The number of ether oxygens (including phenoxy) is 2. The van der Waals surface area contributed by atoms with E-state index < -0.39 is 0 Å². The van der Waals surface area contributed by atoms with E-state index in [9.17, 15) is 0 Å². The fourth-order valence-corrected chi connectivity index (χ4v) is 2.66. The summed E-state index contributed by atoms with van der Waals surface area (Å²) in [4.78, 5) is 2.34. The number of rotatable bonds is 6. The van der Waals surface area contributed by atoms with E-state index in [0.29, 0.717) is 12.2 Å². The molecule has 1 aliphatic rings. The third-order valence-corrected chi connectivity index (χ3v) is 3.81. The fourth-order valence-electron chi connectivity index (χ4n) is 2.66. The molecule has 0 unspecified atom stereocenters. The standard InChI is InChI=1S/C17H20N4O2/c18-12-15-3-1-4-16(11-15)22-9-7-20-8-10-23-17(13-20)14-21-6-2-5-19-21/h1-6,11,17H,7-10,13-14H2/t17-/m1/s1. The van der Waals surface area contributed by atoms with Crippen LogP contribution in [0.2, 0.25) is 0 Å². The van der Waals surface area contributed by atoms with E-state index in [2.05, 4.69) is 16.1 Å². The molecule has 1 fully saturated rings. The number of benzene rings is 1. The molecule has 2 heterocycles. The first-order valence-corrected chi connectivity index (χ1v) is 7.78. The van der Waals surface area contributed by atoms with Gasteiger partial charge in [0.1, 0.15) is 12.4 Å². The predicted octanol–water partition coefficient (Wildman–Crippen LogP) is 1.53. The van der Waals surface area contributed by atoms with Crippen molar-refractivity contribution in [1.29, 1.82) is 5.26 Å². The average Bonchev–Trinajstić information content (AvgIpc) is 3.08. The summed E-state index contributed by atoms with van der Waals surface area (Å²) in [5, 5.41) is 13.1. The Labute approximate surface area is 135 Å². The van der Waals surface area contributed by atoms with Gasteiger partial charge in [-0.15, -0.1) is 0 Å². The zero-order chi connectivity index (χ0) is 15.9. The fraction of sp³-hybridized carbons (Fsp3) is 0.412. The molecular weight excluding hydrogens is 292 g/mol. The molecule has 0 saturated carbocycles. The van der Waals surface area contributed by atoms with Gasteiger partial charge >= 0.3 is 0 Å². The van der Waals surface area contributed by atoms with Gasteiger partial charge in [0.15, 0.2) is 0 Å². The normalized spacial score (nSPS) is 18.5. The summed E-state index contributed by atoms with van der Waals surface area (Å²) in [6.45, 7) is 4.74. The molecule has 0 radical (unpaired) electrons. The highest BCUT2D eigenvalue weighted by Gasteiger charge is 2.20. The molecule has 0 amide bonds. The molecule has 6 nitrogen and oxygen atoms in total. The topological polar surface area (TPSA) is 63.3 Å². The Hall–Kier alpha value is -2.36. The minimum absolute atomic E-state index is 0.158. The average molecular weight is 312 g/mol. The second kappa shape index (κ2) is 7.77. The molecule has 2 aromatic rings. The third kappa shape index (κ3) is 4.55. The van der Waals surface area contributed by atoms with Crippen LogP contribution in [0.1, 0.15) is 5.56 Å². The molecule has 1 saturated heterocycles. The van der Waals surface area contributed by atoms with Gasteiger partial charge in [0.2, 0.25) is 0 Å². The number of morpholine rings is 1. The minimum atomic E-state index is 0.158. The molecule has 120 valence electrons. The largest absolute Gasteiger partial charge is 0.492 e. The van der Waals surface area contributed by atoms with Crippen molar-refractivity contribution in [2.45, 2.75) is 12.6 Å². The highest BCUT2D eigenvalue weighted by Crippen LogP contribution is 2.13. The lowest BCUT2D eigenvalue weighted by Crippen LogP contribution is -2.45. The van der Waals surface area contributed by atoms with Crippen molar-refractivity contribution in [2.24, 2.45) is 0 Å². The molecule has 1 aromatic heterocycles. The van der Waals surface area contributed by atoms with Gasteiger partial charge in [-0.2, -0.15) is 10.4 Å². The maximum absolute atomic E-state index is 8.89. The molecule has 0 aliphatic carbocycles. The van der Waals surface area contributed by atoms with Gasteiger partial charge in [0, 0.05) is 32.0 Å². The number of nitriles is 1. The SMILES string of the molecule is N#Cc1cccc(OCCN2CCO[C@@H](Cn3cccn3)C2)c1. The smallest absolute Gasteiger partial charge is 0.120 e. The second-order valence-corrected chi connectivity index (χ2v) is 5.51. The van der Waals surface area contributed by atoms with Crippen molar-refractivity contribution in [1.82, 2.24) is 14.7 Å². The summed E-state index contributed by atoms with van der Waals surface area (Å²) in [7, 11) is 0. The number of nitrogens with zero attached hydrogens (tertiary/aromatic N) is 4. The van der Waals surface area contributed by atoms with Gasteiger partial charge in [0.25, 0.3) is 0 Å². The lowest BCUT2D eigenvalue weighted by molar-refractivity contribution is -0.0400. The van der Waals surface area contributed by atoms with Gasteiger partial charge in [-0.3, -0.25) is 9.58 Å². The zero-order valence-electron chi connectivity index (χ0n) is 13.0. The van der Waals surface area contributed by atoms with Crippen LogP contribution in [0.5, 0.6) is 5.75 Å². The van der Waals surface area contributed by atoms with Crippen LogP contribution in [0.15, 0.2) is 42.7 Å². The van der Waals surface area contributed by atoms with Crippen LogP contribution in [0.3, 0.4) is 0 Å². The molecule has 0 spiro atoms. The molecule has 23 heavy (non-hydrogen) atoms. The summed E-state index contributed by atoms with van der Waals surface area (Å²) in [5.41, 5.74) is 0.619. The molecule has 0 bridgehead atoms. The Balaban J connectivity index is 1.43. The van der Waals surface area contributed by atoms with Gasteiger partial charge in [-0.25, -0.2) is 0 Å². The Morgan fingerprint density at radius 2 is 2.35 bits per heavy atom. The van der Waals surface area contributed by atoms with E-state index >= 15 is 0 Å². The van der Waals surface area contributed by atoms with Crippen LogP contribution in [0, 0.1) is 11.3 Å². The first kappa shape index (κ1) is 15.5. The van der Waals surface area contributed by atoms with Gasteiger partial charge in [-0.1, -0.05) is 6.07 Å². The van der Waals surface area contributed by atoms with E-state index in [1.165, 1.54) is 0 Å². The van der Waals surface area contributed by atoms with Gasteiger partial charge in [-0.05, 0) is 24.3 Å². The van der Waals surface area contributed by atoms with Crippen LogP contribution in [0.4, 0.5) is 0 Å². The summed E-state index contributed by atoms with van der Waals surface area (Å²) in [6, 6.07) is 11.3. The zero-order valence-corrected chi connectivity index (χ0v) is 13.0. The molecule has 3 rings (SSSR count). The van der Waals surface area contributed by atoms with Crippen LogP contribution in [-0.2, 0) is 11.3 Å². The van der Waals surface area contributed by atoms with Crippen molar-refractivity contribution < 1.29 is 9.47 Å². The predicted molar refractivity (Wildman–Crippen MR) is 85.1 cm³/mol. The van der Waals surface area contributed by atoms with Crippen molar-refractivity contribution in [3.63, 3.8) is 0 Å². The van der Waals surface area contributed by atoms with Crippen molar-refractivity contribution in [3.05, 3.63) is 48.3 Å². The summed E-state index contributed by atoms with van der Waals surface area (Å²) >= 11 is 0. The third-order valence-electron chi connectivity index (χ3n) is 3.81. The van der Waals surface area contributed by atoms with Crippen molar-refractivity contribution >= 4 is 0 Å². The summed E-state index contributed by atoms with van der Waals surface area (Å²) in [5.74, 6) is 0.741. The highest BCUT2D eigenvalue weighted by atomic mass is 16.5. The maximum atomic E-state index is 8.89. The van der Waals surface area contributed by atoms with E-state index in [4.69, 9.17) is 14.7 Å². The molecule has 1 aromatic carbocycles. The first-order valence-electron chi connectivity index (χ1n) is 7.78. The van der Waals surface area contributed by atoms with Crippen LogP contribution >= 0.6 is 0 Å². The van der Waals surface area contributed by atoms with Crippen LogP contribution < -0.4 is 4.74 Å². The van der Waals surface area contributed by atoms with E-state index in [1.807, 2.05) is 29.1 Å². The number of aromatic nitrogens is 2. The minimum Gasteiger partial charge on any atom is -0.492 e. The number of hydrogen-bond acceptors (Lipinski definition) is 5. The molecule has 6 heteroatoms. The lowest BCUT2D eigenvalue weighted by Gasteiger charge is -2.32. The Kier molecular flexibility index (Phi) is 5.25. The summed E-state index contributed by atoms with van der Waals surface area (Å²) in [6.07, 6.45) is 3.89. The summed E-state index contributed by atoms with van der Waals surface area (Å²) < 4.78 is 13.4. The molecular formula is C17H20N4O2. The molecule has 1 aliphatic heterocycles. The highest BCUT2D eigenvalue weighted by molar-refractivity contribution is 5.36. The molecule has 1 atom stereocenters. The lowest BCUT2D eigenvalue weighted by atomic mass is 10.2. The van der Waals surface area contributed by atoms with Crippen molar-refractivity contribution in [2.75, 3.05) is 32.8 Å². The van der Waals surface area contributed by atoms with E-state index in [-0.39, 0.29) is 6.10 Å². The maximum Gasteiger partial charge on any atom is 0.120 e. The quantitative estimate of drug-likeness (QED) is 0.809. The van der Waals surface area contributed by atoms with Crippen LogP contribution in [-0.4, -0.2) is 53.6 Å². The van der Waals surface area contributed by atoms with Gasteiger partial charge in [0.05, 0.1) is 30.9 Å². The van der Waals surface area contributed by atoms with E-state index in [1.54, 1.807) is 18.3 Å². The van der Waals surface area contributed by atoms with Gasteiger partial charge < -0.3 is 9.47 Å². The van der Waals surface area contributed by atoms with Crippen molar-refractivity contribution in [3.8, 4) is 11.8 Å². The molecule has 0 N–H and O–H groups in total. The van der Waals surface area contributed by atoms with E-state index in [0.717, 1.165) is 38.5 Å². The number of hydrogen-bond donors (Lipinski definition) is 0. The second-order valence-electron chi connectivity index (χ2n) is 5.51. The van der Waals surface area contributed by atoms with Crippen LogP contribution in [0.25, 0.3) is 0 Å². The Morgan fingerprint density at radius 1 is 1.39 bits per heavy atom. The first-order chi connectivity index (χ1) is 11.3.